The molecule has 3 unspecified atom stereocenters. The van der Waals surface area contributed by atoms with Crippen LogP contribution < -0.4 is 14.6 Å². The Morgan fingerprint density at radius 3 is 2.29 bits per heavy atom. The number of amides is 1. The third-order valence-corrected chi connectivity index (χ3v) is 8.33. The van der Waals surface area contributed by atoms with Gasteiger partial charge < -0.3 is 25.0 Å². The van der Waals surface area contributed by atoms with Gasteiger partial charge >= 0.3 is 6.18 Å². The second-order valence-corrected chi connectivity index (χ2v) is 12.8. The lowest BCUT2D eigenvalue weighted by molar-refractivity contribution is -0.137. The number of nitrogens with zero attached hydrogens (tertiary/aromatic N) is 3. The molecule has 0 aliphatic carbocycles. The molecule has 268 valence electrons. The van der Waals surface area contributed by atoms with Crippen molar-refractivity contribution < 1.29 is 38.0 Å². The van der Waals surface area contributed by atoms with Gasteiger partial charge in [-0.25, -0.2) is 5.43 Å². The van der Waals surface area contributed by atoms with Crippen LogP contribution in [0.1, 0.15) is 60.3 Å². The minimum atomic E-state index is -4.68. The summed E-state index contributed by atoms with van der Waals surface area (Å²) in [6.45, 7) is 11.7. The lowest BCUT2D eigenvalue weighted by Crippen LogP contribution is -2.56. The van der Waals surface area contributed by atoms with Crippen molar-refractivity contribution in [2.75, 3.05) is 39.3 Å². The summed E-state index contributed by atoms with van der Waals surface area (Å²) in [6.07, 6.45) is -6.07. The fourth-order valence-corrected chi connectivity index (χ4v) is 6.17. The van der Waals surface area contributed by atoms with Crippen molar-refractivity contribution in [3.63, 3.8) is 0 Å². The van der Waals surface area contributed by atoms with E-state index in [0.717, 1.165) is 42.6 Å². The molecule has 0 aliphatic heterocycles. The number of alkyl halides is 3. The molecular formula is C36H47ClF3N4O5+. The summed E-state index contributed by atoms with van der Waals surface area (Å²) in [6, 6.07) is 15.9. The molecule has 3 aromatic carbocycles. The van der Waals surface area contributed by atoms with E-state index in [4.69, 9.17) is 16.3 Å². The van der Waals surface area contributed by atoms with Crippen LogP contribution in [-0.4, -0.2) is 90.0 Å². The molecule has 0 spiro atoms. The van der Waals surface area contributed by atoms with Crippen molar-refractivity contribution in [2.45, 2.75) is 65.7 Å². The summed E-state index contributed by atoms with van der Waals surface area (Å²) < 4.78 is 46.1. The van der Waals surface area contributed by atoms with Gasteiger partial charge in [0.2, 0.25) is 0 Å². The maximum Gasteiger partial charge on any atom is 0.417 e. The molecule has 0 heterocycles. The zero-order valence-corrected chi connectivity index (χ0v) is 29.3. The predicted octanol–water partition coefficient (Wildman–Crippen LogP) is 5.78. The topological polar surface area (TPSA) is 115 Å². The molecule has 49 heavy (non-hydrogen) atoms. The van der Waals surface area contributed by atoms with Crippen LogP contribution in [0, 0.1) is 6.92 Å². The Kier molecular flexibility index (Phi) is 14.6. The van der Waals surface area contributed by atoms with E-state index >= 15 is 0 Å². The Hall–Kier alpha value is -3.52. The maximum absolute atomic E-state index is 13.9. The molecule has 3 atom stereocenters. The molecule has 0 radical (unpaired) electrons. The summed E-state index contributed by atoms with van der Waals surface area (Å²) in [4.78, 5) is 16.0. The zero-order chi connectivity index (χ0) is 36.4. The van der Waals surface area contributed by atoms with Gasteiger partial charge in [-0.1, -0.05) is 61.3 Å². The van der Waals surface area contributed by atoms with Crippen LogP contribution in [0.3, 0.4) is 0 Å². The van der Waals surface area contributed by atoms with Crippen LogP contribution in [0.25, 0.3) is 0 Å². The smallest absolute Gasteiger partial charge is 0.417 e. The number of carbonyl (C=O) groups excluding carboxylic acids is 1. The molecule has 0 bridgehead atoms. The highest BCUT2D eigenvalue weighted by Crippen LogP contribution is 2.36. The first-order valence-electron chi connectivity index (χ1n) is 16.2. The monoisotopic (exact) mass is 707 g/mol. The second-order valence-electron chi connectivity index (χ2n) is 12.4. The number of likely N-dealkylation sites (N-methyl/N-ethyl adjacent to an activating group) is 1. The van der Waals surface area contributed by atoms with E-state index < -0.39 is 41.0 Å². The average Bonchev–Trinajstić information content (AvgIpc) is 3.02. The first kappa shape index (κ1) is 39.9. The molecular weight excluding hydrogens is 661 g/mol. The SMILES string of the molecule is CCN(CC)CC(O)COc1ccc([N+](Cc2cccc(C)c2)(CC(C)O)CC(C)O)c(C(=O)NN=Cc2ccc(Cl)c(C(F)(F)F)c2)c1. The normalized spacial score (nSPS) is 15.2. The van der Waals surface area contributed by atoms with Crippen molar-refractivity contribution in [2.24, 2.45) is 5.10 Å². The van der Waals surface area contributed by atoms with Gasteiger partial charge in [0.25, 0.3) is 5.91 Å². The summed E-state index contributed by atoms with van der Waals surface area (Å²) in [5, 5.41) is 35.5. The molecule has 3 rings (SSSR count). The fraction of sp³-hybridized carbons (Fsp3) is 0.444. The molecule has 0 aromatic heterocycles. The first-order chi connectivity index (χ1) is 23.1. The number of carbonyl (C=O) groups is 1. The molecule has 0 aliphatic rings. The standard InChI is InChI=1S/C36H46ClF3N4O5/c1-6-43(7-2)19-29(47)23-49-30-12-14-34(44(20-25(4)45,21-26(5)46)22-28-10-8-9-24(3)15-28)31(17-30)35(48)42-41-18-27-11-13-33(37)32(16-27)36(38,39)40/h8-18,25-26,29,45-47H,6-7,19-23H2,1-5H3/p+1. The van der Waals surface area contributed by atoms with Gasteiger partial charge in [-0.2, -0.15) is 18.3 Å². The minimum absolute atomic E-state index is 0.0255. The largest absolute Gasteiger partial charge is 0.491 e. The Morgan fingerprint density at radius 1 is 1.02 bits per heavy atom. The van der Waals surface area contributed by atoms with Crippen LogP contribution in [-0.2, 0) is 12.7 Å². The lowest BCUT2D eigenvalue weighted by atomic mass is 10.0. The van der Waals surface area contributed by atoms with Gasteiger partial charge in [0.1, 0.15) is 61.6 Å². The molecule has 0 saturated heterocycles. The van der Waals surface area contributed by atoms with Gasteiger partial charge in [-0.15, -0.1) is 0 Å². The van der Waals surface area contributed by atoms with E-state index in [0.29, 0.717) is 18.8 Å². The fourth-order valence-electron chi connectivity index (χ4n) is 5.95. The summed E-state index contributed by atoms with van der Waals surface area (Å²) in [7, 11) is 0. The number of benzene rings is 3. The van der Waals surface area contributed by atoms with Crippen molar-refractivity contribution in [1.82, 2.24) is 14.8 Å². The third kappa shape index (κ3) is 11.8. The number of hydrazone groups is 1. The van der Waals surface area contributed by atoms with E-state index in [1.54, 1.807) is 26.0 Å². The van der Waals surface area contributed by atoms with E-state index in [2.05, 4.69) is 15.4 Å². The molecule has 9 nitrogen and oxygen atoms in total. The average molecular weight is 708 g/mol. The minimum Gasteiger partial charge on any atom is -0.491 e. The number of ether oxygens (including phenoxy) is 1. The Bertz CT molecular complexity index is 1550. The predicted molar refractivity (Wildman–Crippen MR) is 187 cm³/mol. The highest BCUT2D eigenvalue weighted by Gasteiger charge is 2.38. The number of aryl methyl sites for hydroxylation is 1. The van der Waals surface area contributed by atoms with Crippen LogP contribution in [0.5, 0.6) is 5.75 Å². The lowest BCUT2D eigenvalue weighted by Gasteiger charge is -2.41. The van der Waals surface area contributed by atoms with E-state index in [9.17, 15) is 33.3 Å². The van der Waals surface area contributed by atoms with Gasteiger partial charge in [0, 0.05) is 18.2 Å². The Balaban J connectivity index is 2.08. The van der Waals surface area contributed by atoms with Gasteiger partial charge in [0.05, 0.1) is 16.8 Å². The number of hydrogen-bond acceptors (Lipinski definition) is 7. The number of rotatable bonds is 17. The number of aliphatic hydroxyl groups is 3. The van der Waals surface area contributed by atoms with Crippen molar-refractivity contribution in [3.05, 3.63) is 93.5 Å². The first-order valence-corrected chi connectivity index (χ1v) is 16.6. The van der Waals surface area contributed by atoms with Crippen LogP contribution in [0.4, 0.5) is 18.9 Å². The zero-order valence-electron chi connectivity index (χ0n) is 28.5. The second kappa shape index (κ2) is 17.9. The highest BCUT2D eigenvalue weighted by molar-refractivity contribution is 6.31. The van der Waals surface area contributed by atoms with Gasteiger partial charge in [-0.3, -0.25) is 9.28 Å². The summed E-state index contributed by atoms with van der Waals surface area (Å²) in [5.41, 5.74) is 3.93. The van der Waals surface area contributed by atoms with E-state index in [-0.39, 0.29) is 41.1 Å². The maximum atomic E-state index is 13.9. The molecule has 13 heteroatoms. The number of hydrogen-bond donors (Lipinski definition) is 4. The summed E-state index contributed by atoms with van der Waals surface area (Å²) in [5.74, 6) is -0.417. The van der Waals surface area contributed by atoms with E-state index in [1.807, 2.05) is 45.0 Å². The van der Waals surface area contributed by atoms with Crippen LogP contribution >= 0.6 is 11.6 Å². The van der Waals surface area contributed by atoms with E-state index in [1.165, 1.54) is 12.1 Å². The Morgan fingerprint density at radius 2 is 1.69 bits per heavy atom. The quantitative estimate of drug-likeness (QED) is 0.0804. The molecule has 0 saturated carbocycles. The number of halogens is 4. The molecule has 4 N–H and O–H groups in total. The number of quaternary nitrogens is 1. The number of nitrogens with one attached hydrogen (secondary N) is 1. The van der Waals surface area contributed by atoms with Crippen molar-refractivity contribution >= 4 is 29.4 Å². The summed E-state index contributed by atoms with van der Waals surface area (Å²) >= 11 is 5.74. The molecule has 1 amide bonds. The molecule has 3 aromatic rings. The van der Waals surface area contributed by atoms with Gasteiger partial charge in [0.15, 0.2) is 0 Å². The molecule has 0 fully saturated rings. The van der Waals surface area contributed by atoms with Crippen LogP contribution in [0.2, 0.25) is 5.02 Å². The van der Waals surface area contributed by atoms with Crippen molar-refractivity contribution in [3.8, 4) is 5.75 Å². The van der Waals surface area contributed by atoms with Crippen molar-refractivity contribution in [1.29, 1.82) is 0 Å². The van der Waals surface area contributed by atoms with Gasteiger partial charge in [-0.05, 0) is 63.7 Å². The highest BCUT2D eigenvalue weighted by atomic mass is 35.5. The third-order valence-electron chi connectivity index (χ3n) is 8.00. The van der Waals surface area contributed by atoms with Crippen LogP contribution in [0.15, 0.2) is 65.8 Å². The Labute approximate surface area is 291 Å². The number of aliphatic hydroxyl groups excluding tert-OH is 3.